The lowest BCUT2D eigenvalue weighted by Gasteiger charge is -2.34. The Balaban J connectivity index is 1.55. The highest BCUT2D eigenvalue weighted by molar-refractivity contribution is 7.93. The van der Waals surface area contributed by atoms with Crippen LogP contribution in [0.15, 0.2) is 92.9 Å². The lowest BCUT2D eigenvalue weighted by Crippen LogP contribution is -2.38. The third-order valence-corrected chi connectivity index (χ3v) is 8.01. The monoisotopic (exact) mass is 484 g/mol. The molecule has 0 saturated heterocycles. The fraction of sp³-hybridized carbons (Fsp3) is 0.346. The summed E-state index contributed by atoms with van der Waals surface area (Å²) < 4.78 is 29.0. The SMILES string of the molecule is CC(C)(C)C1=CC=C(S(=O)(=O)NC2=CC=C(Cl)C3=CC(C4=CCC(=O)CC=C4)=CCN23)CC1. The normalized spacial score (nSPS) is 21.5. The minimum Gasteiger partial charge on any atom is -0.322 e. The fourth-order valence-electron chi connectivity index (χ4n) is 4.19. The fourth-order valence-corrected chi connectivity index (χ4v) is 5.61. The topological polar surface area (TPSA) is 66.5 Å². The van der Waals surface area contributed by atoms with E-state index in [-0.39, 0.29) is 11.2 Å². The number of rotatable bonds is 4. The Kier molecular flexibility index (Phi) is 6.43. The summed E-state index contributed by atoms with van der Waals surface area (Å²) in [6.45, 7) is 6.88. The molecule has 2 heterocycles. The van der Waals surface area contributed by atoms with Crippen molar-refractivity contribution >= 4 is 27.4 Å². The molecule has 0 bridgehead atoms. The molecular formula is C26H29ClN2O3S. The van der Waals surface area contributed by atoms with Gasteiger partial charge in [0.1, 0.15) is 11.6 Å². The van der Waals surface area contributed by atoms with E-state index < -0.39 is 10.0 Å². The van der Waals surface area contributed by atoms with Gasteiger partial charge in [-0.3, -0.25) is 9.52 Å². The van der Waals surface area contributed by atoms with Crippen LogP contribution in [0.1, 0.15) is 46.5 Å². The van der Waals surface area contributed by atoms with Crippen LogP contribution in [0.25, 0.3) is 0 Å². The Morgan fingerprint density at radius 2 is 1.79 bits per heavy atom. The van der Waals surface area contributed by atoms with Crippen LogP contribution >= 0.6 is 11.6 Å². The number of nitrogens with one attached hydrogen (secondary N) is 1. The third kappa shape index (κ3) is 5.17. The van der Waals surface area contributed by atoms with Gasteiger partial charge in [0.25, 0.3) is 10.0 Å². The average Bonchev–Trinajstić information content (AvgIpc) is 2.99. The van der Waals surface area contributed by atoms with E-state index in [2.05, 4.69) is 25.5 Å². The molecule has 0 aromatic rings. The number of carbonyl (C=O) groups is 1. The van der Waals surface area contributed by atoms with Crippen LogP contribution in [0, 0.1) is 5.41 Å². The molecule has 4 rings (SSSR count). The maximum Gasteiger partial charge on any atom is 0.259 e. The van der Waals surface area contributed by atoms with Crippen molar-refractivity contribution in [1.29, 1.82) is 0 Å². The van der Waals surface area contributed by atoms with Crippen molar-refractivity contribution in [2.24, 2.45) is 5.41 Å². The molecule has 0 spiro atoms. The first-order valence-corrected chi connectivity index (χ1v) is 13.0. The number of fused-ring (bicyclic) bond motifs is 1. The highest BCUT2D eigenvalue weighted by atomic mass is 35.5. The second-order valence-electron chi connectivity index (χ2n) is 9.56. The van der Waals surface area contributed by atoms with Crippen molar-refractivity contribution in [3.05, 3.63) is 92.9 Å². The maximum atomic E-state index is 13.1. The van der Waals surface area contributed by atoms with Gasteiger partial charge < -0.3 is 4.90 Å². The van der Waals surface area contributed by atoms with Crippen molar-refractivity contribution in [2.45, 2.75) is 46.5 Å². The van der Waals surface area contributed by atoms with E-state index in [4.69, 9.17) is 11.6 Å². The molecule has 0 atom stereocenters. The minimum absolute atomic E-state index is 0.0272. The zero-order valence-electron chi connectivity index (χ0n) is 19.2. The largest absolute Gasteiger partial charge is 0.322 e. The molecule has 5 nitrogen and oxygen atoms in total. The number of hydrogen-bond acceptors (Lipinski definition) is 4. The van der Waals surface area contributed by atoms with Crippen LogP contribution in [-0.2, 0) is 14.8 Å². The highest BCUT2D eigenvalue weighted by Gasteiger charge is 2.29. The van der Waals surface area contributed by atoms with E-state index in [1.807, 2.05) is 41.4 Å². The molecule has 0 amide bonds. The van der Waals surface area contributed by atoms with Crippen LogP contribution in [0.2, 0.25) is 0 Å². The number of Topliss-reactive ketones (excluding diaryl/α,β-unsaturated/α-hetero) is 1. The number of hydrogen-bond donors (Lipinski definition) is 1. The van der Waals surface area contributed by atoms with Gasteiger partial charge in [-0.1, -0.05) is 68.3 Å². The van der Waals surface area contributed by atoms with Crippen molar-refractivity contribution in [1.82, 2.24) is 9.62 Å². The first kappa shape index (κ1) is 23.6. The summed E-state index contributed by atoms with van der Waals surface area (Å²) in [6, 6.07) is 0. The summed E-state index contributed by atoms with van der Waals surface area (Å²) >= 11 is 6.49. The summed E-state index contributed by atoms with van der Waals surface area (Å²) in [5.74, 6) is 0.650. The zero-order valence-corrected chi connectivity index (χ0v) is 20.8. The Morgan fingerprint density at radius 3 is 2.48 bits per heavy atom. The Labute approximate surface area is 201 Å². The molecule has 0 aromatic carbocycles. The van der Waals surface area contributed by atoms with Gasteiger partial charge in [0.05, 0.1) is 15.6 Å². The molecule has 0 saturated carbocycles. The minimum atomic E-state index is -3.69. The van der Waals surface area contributed by atoms with Crippen LogP contribution in [0.5, 0.6) is 0 Å². The molecule has 2 aliphatic heterocycles. The molecule has 0 radical (unpaired) electrons. The number of nitrogens with zero attached hydrogens (tertiary/aromatic N) is 1. The number of ketones is 1. The number of sulfonamides is 1. The van der Waals surface area contributed by atoms with Crippen LogP contribution in [0.3, 0.4) is 0 Å². The molecule has 4 aliphatic rings. The average molecular weight is 485 g/mol. The van der Waals surface area contributed by atoms with Gasteiger partial charge in [0.15, 0.2) is 0 Å². The number of halogens is 1. The molecule has 7 heteroatoms. The predicted octanol–water partition coefficient (Wildman–Crippen LogP) is 5.51. The van der Waals surface area contributed by atoms with E-state index in [0.29, 0.717) is 41.6 Å². The van der Waals surface area contributed by atoms with Gasteiger partial charge in [-0.2, -0.15) is 0 Å². The second kappa shape index (κ2) is 8.99. The molecule has 33 heavy (non-hydrogen) atoms. The summed E-state index contributed by atoms with van der Waals surface area (Å²) in [5, 5.41) is 0.535. The van der Waals surface area contributed by atoms with E-state index in [0.717, 1.165) is 23.3 Å². The first-order chi connectivity index (χ1) is 15.5. The molecule has 0 aromatic heterocycles. The summed E-state index contributed by atoms with van der Waals surface area (Å²) in [4.78, 5) is 14.0. The van der Waals surface area contributed by atoms with Gasteiger partial charge >= 0.3 is 0 Å². The molecule has 2 aliphatic carbocycles. The van der Waals surface area contributed by atoms with Crippen LogP contribution < -0.4 is 4.72 Å². The van der Waals surface area contributed by atoms with E-state index >= 15 is 0 Å². The van der Waals surface area contributed by atoms with Crippen LogP contribution in [0.4, 0.5) is 0 Å². The maximum absolute atomic E-state index is 13.1. The Hall–Kier alpha value is -2.57. The van der Waals surface area contributed by atoms with E-state index in [1.165, 1.54) is 5.57 Å². The molecule has 1 N–H and O–H groups in total. The van der Waals surface area contributed by atoms with Gasteiger partial charge in [0, 0.05) is 19.4 Å². The summed E-state index contributed by atoms with van der Waals surface area (Å²) in [7, 11) is -3.69. The summed E-state index contributed by atoms with van der Waals surface area (Å²) in [6.07, 6.45) is 18.8. The Morgan fingerprint density at radius 1 is 1.00 bits per heavy atom. The smallest absolute Gasteiger partial charge is 0.259 e. The van der Waals surface area contributed by atoms with Gasteiger partial charge in [-0.25, -0.2) is 8.42 Å². The molecule has 0 unspecified atom stereocenters. The van der Waals surface area contributed by atoms with Gasteiger partial charge in [0.2, 0.25) is 0 Å². The second-order valence-corrected chi connectivity index (χ2v) is 11.7. The first-order valence-electron chi connectivity index (χ1n) is 11.1. The van der Waals surface area contributed by atoms with E-state index in [1.54, 1.807) is 18.2 Å². The van der Waals surface area contributed by atoms with E-state index in [9.17, 15) is 13.2 Å². The zero-order chi connectivity index (χ0) is 23.8. The third-order valence-electron chi connectivity index (χ3n) is 6.18. The van der Waals surface area contributed by atoms with Crippen molar-refractivity contribution in [2.75, 3.05) is 6.54 Å². The molecular weight excluding hydrogens is 456 g/mol. The standard InChI is InChI=1S/C26H29ClN2O3S/c1-26(2,3)20-8-11-22(12-9-20)33(31,32)28-25-14-13-23(27)24-17-19(15-16-29(24)25)18-5-4-6-21(30)10-7-18/h4-5,7-8,11,13-15,17,28H,6,9-10,12,16H2,1-3H3. The lowest BCUT2D eigenvalue weighted by molar-refractivity contribution is -0.117. The predicted molar refractivity (Wildman–Crippen MR) is 133 cm³/mol. The van der Waals surface area contributed by atoms with Crippen molar-refractivity contribution in [3.63, 3.8) is 0 Å². The van der Waals surface area contributed by atoms with Crippen molar-refractivity contribution < 1.29 is 13.2 Å². The van der Waals surface area contributed by atoms with Crippen molar-refractivity contribution in [3.8, 4) is 0 Å². The molecule has 174 valence electrons. The number of carbonyl (C=O) groups excluding carboxylic acids is 1. The Bertz CT molecular complexity index is 1230. The quantitative estimate of drug-likeness (QED) is 0.571. The summed E-state index contributed by atoms with van der Waals surface area (Å²) in [5.41, 5.74) is 3.95. The lowest BCUT2D eigenvalue weighted by atomic mass is 9.82. The number of allylic oxidation sites excluding steroid dienone is 13. The van der Waals surface area contributed by atoms with Gasteiger partial charge in [-0.15, -0.1) is 0 Å². The highest BCUT2D eigenvalue weighted by Crippen LogP contribution is 2.36. The van der Waals surface area contributed by atoms with Gasteiger partial charge in [-0.05, 0) is 53.7 Å². The van der Waals surface area contributed by atoms with Crippen LogP contribution in [-0.4, -0.2) is 25.6 Å². The molecule has 0 fully saturated rings.